The molecule has 0 aromatic carbocycles. The second-order valence-electron chi connectivity index (χ2n) is 1.24. The van der Waals surface area contributed by atoms with Gasteiger partial charge >= 0.3 is 0 Å². The molecule has 1 aliphatic heterocycles. The van der Waals surface area contributed by atoms with Crippen LogP contribution >= 0.6 is 10.8 Å². The molecule has 0 bridgehead atoms. The fraction of sp³-hybridized carbons (Fsp3) is 0.500. The number of hydrogen-bond donors (Lipinski definition) is 0. The SMILES string of the molecule is C#CC1CSS(=O)O1. The van der Waals surface area contributed by atoms with Gasteiger partial charge in [-0.25, -0.2) is 4.21 Å². The Balaban J connectivity index is 2.47. The summed E-state index contributed by atoms with van der Waals surface area (Å²) in [7, 11) is 0.0588. The van der Waals surface area contributed by atoms with E-state index in [1.165, 1.54) is 10.8 Å². The summed E-state index contributed by atoms with van der Waals surface area (Å²) in [6.45, 7) is 0. The molecule has 0 amide bonds. The molecule has 0 spiro atoms. The molecule has 44 valence electrons. The van der Waals surface area contributed by atoms with Crippen molar-refractivity contribution in [3.05, 3.63) is 0 Å². The third-order valence-electron chi connectivity index (χ3n) is 0.696. The summed E-state index contributed by atoms with van der Waals surface area (Å²) < 4.78 is 15.1. The zero-order chi connectivity index (χ0) is 5.98. The van der Waals surface area contributed by atoms with E-state index in [0.717, 1.165) is 0 Å². The first-order valence-electron chi connectivity index (χ1n) is 2.01. The summed E-state index contributed by atoms with van der Waals surface area (Å²) in [5.41, 5.74) is 0. The van der Waals surface area contributed by atoms with Gasteiger partial charge in [0.15, 0.2) is 0 Å². The van der Waals surface area contributed by atoms with Crippen molar-refractivity contribution < 1.29 is 8.39 Å². The predicted molar refractivity (Wildman–Crippen MR) is 34.3 cm³/mol. The average Bonchev–Trinajstić information content (AvgIpc) is 2.14. The molecule has 0 saturated carbocycles. The fourth-order valence-corrected chi connectivity index (χ4v) is 2.35. The fourth-order valence-electron chi connectivity index (χ4n) is 0.344. The molecule has 0 aromatic rings. The first kappa shape index (κ1) is 6.14. The Morgan fingerprint density at radius 2 is 2.75 bits per heavy atom. The van der Waals surface area contributed by atoms with Crippen LogP contribution in [0.4, 0.5) is 0 Å². The van der Waals surface area contributed by atoms with Crippen LogP contribution in [0.25, 0.3) is 0 Å². The number of terminal acetylenes is 1. The molecule has 0 radical (unpaired) electrons. The molecule has 1 saturated heterocycles. The van der Waals surface area contributed by atoms with Crippen LogP contribution in [0.15, 0.2) is 0 Å². The van der Waals surface area contributed by atoms with Crippen molar-refractivity contribution in [2.45, 2.75) is 6.10 Å². The van der Waals surface area contributed by atoms with Crippen LogP contribution in [0.5, 0.6) is 0 Å². The molecule has 2 unspecified atom stereocenters. The zero-order valence-electron chi connectivity index (χ0n) is 3.99. The van der Waals surface area contributed by atoms with Crippen LogP contribution < -0.4 is 0 Å². The van der Waals surface area contributed by atoms with Crippen molar-refractivity contribution in [1.82, 2.24) is 0 Å². The Morgan fingerprint density at radius 1 is 2.00 bits per heavy atom. The van der Waals surface area contributed by atoms with E-state index in [9.17, 15) is 4.21 Å². The first-order valence-corrected chi connectivity index (χ1v) is 4.59. The maximum absolute atomic E-state index is 10.4. The lowest BCUT2D eigenvalue weighted by molar-refractivity contribution is 0.329. The van der Waals surface area contributed by atoms with Crippen LogP contribution in [0.1, 0.15) is 0 Å². The maximum atomic E-state index is 10.4. The van der Waals surface area contributed by atoms with Crippen molar-refractivity contribution in [3.8, 4) is 12.3 Å². The molecule has 0 N–H and O–H groups in total. The van der Waals surface area contributed by atoms with Gasteiger partial charge in [-0.05, 0) is 10.8 Å². The third kappa shape index (κ3) is 1.25. The summed E-state index contributed by atoms with van der Waals surface area (Å²) >= 11 is 0. The normalized spacial score (nSPS) is 36.9. The Labute approximate surface area is 54.0 Å². The van der Waals surface area contributed by atoms with Crippen LogP contribution in [0, 0.1) is 12.3 Å². The van der Waals surface area contributed by atoms with Gasteiger partial charge in [0, 0.05) is 5.75 Å². The van der Waals surface area contributed by atoms with Gasteiger partial charge in [0.25, 0.3) is 0 Å². The molecule has 4 heteroatoms. The van der Waals surface area contributed by atoms with E-state index < -0.39 is 10.1 Å². The second-order valence-corrected chi connectivity index (χ2v) is 3.93. The lowest BCUT2D eigenvalue weighted by Gasteiger charge is -1.90. The molecule has 2 nitrogen and oxygen atoms in total. The summed E-state index contributed by atoms with van der Waals surface area (Å²) in [6, 6.07) is 0. The van der Waals surface area contributed by atoms with Crippen LogP contribution in [0.3, 0.4) is 0 Å². The Morgan fingerprint density at radius 3 is 3.00 bits per heavy atom. The van der Waals surface area contributed by atoms with Gasteiger partial charge in [-0.2, -0.15) is 0 Å². The van der Waals surface area contributed by atoms with Gasteiger partial charge in [-0.15, -0.1) is 6.42 Å². The van der Waals surface area contributed by atoms with Gasteiger partial charge in [-0.1, -0.05) is 5.92 Å². The van der Waals surface area contributed by atoms with E-state index in [1.807, 2.05) is 0 Å². The standard InChI is InChI=1S/C4H4O2S2/c1-2-4-3-7-8(5)6-4/h1,4H,3H2. The van der Waals surface area contributed by atoms with Crippen LogP contribution in [-0.2, 0) is 14.3 Å². The first-order chi connectivity index (χ1) is 3.83. The molecule has 2 atom stereocenters. The van der Waals surface area contributed by atoms with Crippen LogP contribution in [0.2, 0.25) is 0 Å². The minimum absolute atomic E-state index is 0.235. The van der Waals surface area contributed by atoms with Crippen molar-refractivity contribution in [2.75, 3.05) is 5.75 Å². The highest BCUT2D eigenvalue weighted by Crippen LogP contribution is 2.21. The summed E-state index contributed by atoms with van der Waals surface area (Å²) in [4.78, 5) is 0. The van der Waals surface area contributed by atoms with Crippen molar-refractivity contribution >= 4 is 20.9 Å². The molecule has 1 fully saturated rings. The zero-order valence-corrected chi connectivity index (χ0v) is 5.63. The van der Waals surface area contributed by atoms with E-state index in [-0.39, 0.29) is 6.10 Å². The largest absolute Gasteiger partial charge is 0.265 e. The Hall–Kier alpha value is 0.0200. The highest BCUT2D eigenvalue weighted by atomic mass is 33.1. The van der Waals surface area contributed by atoms with E-state index in [0.29, 0.717) is 5.75 Å². The van der Waals surface area contributed by atoms with Gasteiger partial charge in [0.1, 0.15) is 6.10 Å². The van der Waals surface area contributed by atoms with Gasteiger partial charge in [-0.3, -0.25) is 4.18 Å². The van der Waals surface area contributed by atoms with Crippen molar-refractivity contribution in [2.24, 2.45) is 0 Å². The third-order valence-corrected chi connectivity index (χ3v) is 2.94. The molecule has 0 aliphatic carbocycles. The van der Waals surface area contributed by atoms with Gasteiger partial charge < -0.3 is 0 Å². The van der Waals surface area contributed by atoms with Gasteiger partial charge in [0.05, 0.1) is 0 Å². The lowest BCUT2D eigenvalue weighted by atomic mass is 10.4. The molecular weight excluding hydrogens is 144 g/mol. The van der Waals surface area contributed by atoms with Crippen molar-refractivity contribution in [3.63, 3.8) is 0 Å². The molecule has 8 heavy (non-hydrogen) atoms. The quantitative estimate of drug-likeness (QED) is 0.366. The topological polar surface area (TPSA) is 26.3 Å². The summed E-state index contributed by atoms with van der Waals surface area (Å²) in [5, 5.41) is 0. The Kier molecular flexibility index (Phi) is 1.95. The van der Waals surface area contributed by atoms with Crippen molar-refractivity contribution in [1.29, 1.82) is 0 Å². The van der Waals surface area contributed by atoms with E-state index >= 15 is 0 Å². The van der Waals surface area contributed by atoms with E-state index in [1.54, 1.807) is 0 Å². The molecule has 1 rings (SSSR count). The smallest absolute Gasteiger partial charge is 0.220 e. The second kappa shape index (κ2) is 2.53. The van der Waals surface area contributed by atoms with Crippen LogP contribution in [-0.4, -0.2) is 16.1 Å². The minimum atomic E-state index is -1.18. The molecule has 1 aliphatic rings. The highest BCUT2D eigenvalue weighted by Gasteiger charge is 2.19. The minimum Gasteiger partial charge on any atom is -0.265 e. The monoisotopic (exact) mass is 148 g/mol. The average molecular weight is 148 g/mol. The molecule has 1 heterocycles. The number of hydrogen-bond acceptors (Lipinski definition) is 3. The highest BCUT2D eigenvalue weighted by molar-refractivity contribution is 8.67. The van der Waals surface area contributed by atoms with E-state index in [2.05, 4.69) is 5.92 Å². The molecular formula is C4H4O2S2. The molecule has 0 aromatic heterocycles. The lowest BCUT2D eigenvalue weighted by Crippen LogP contribution is -2.03. The predicted octanol–water partition coefficient (Wildman–Crippen LogP) is 0.330. The Bertz CT molecular complexity index is 149. The van der Waals surface area contributed by atoms with E-state index in [4.69, 9.17) is 10.6 Å². The summed E-state index contributed by atoms with van der Waals surface area (Å²) in [6.07, 6.45) is 4.74. The van der Waals surface area contributed by atoms with Gasteiger partial charge in [0.2, 0.25) is 10.1 Å². The maximum Gasteiger partial charge on any atom is 0.220 e. The number of rotatable bonds is 0. The summed E-state index contributed by atoms with van der Waals surface area (Å²) in [5.74, 6) is 3.01.